The average molecular weight is 162 g/mol. The van der Waals surface area contributed by atoms with Crippen LogP contribution >= 0.6 is 0 Å². The summed E-state index contributed by atoms with van der Waals surface area (Å²) in [6.45, 7) is 2.29. The number of rotatable bonds is 2. The molecule has 0 saturated heterocycles. The topological polar surface area (TPSA) is 18.5 Å². The summed E-state index contributed by atoms with van der Waals surface area (Å²) < 4.78 is 0. The van der Waals surface area contributed by atoms with E-state index >= 15 is 0 Å². The molecule has 2 rings (SSSR count). The predicted octanol–water partition coefficient (Wildman–Crippen LogP) is 1.62. The smallest absolute Gasteiger partial charge is 0.354 e. The Morgan fingerprint density at radius 3 is 3.00 bits per heavy atom. The molecule has 0 amide bonds. The van der Waals surface area contributed by atoms with Crippen molar-refractivity contribution in [3.8, 4) is 5.75 Å². The maximum Gasteiger partial charge on any atom is 0.392 e. The molecule has 0 spiro atoms. The van der Waals surface area contributed by atoms with E-state index in [1.54, 1.807) is 0 Å². The van der Waals surface area contributed by atoms with Gasteiger partial charge in [0.15, 0.2) is 5.75 Å². The molecule has 1 aromatic carbocycles. The summed E-state index contributed by atoms with van der Waals surface area (Å²) in [4.78, 5) is 10.2. The first-order valence-electron chi connectivity index (χ1n) is 4.34. The lowest BCUT2D eigenvalue weighted by atomic mass is 9.58. The van der Waals surface area contributed by atoms with Crippen LogP contribution in [0.3, 0.4) is 0 Å². The molecule has 0 radical (unpaired) electrons. The SMILES string of the molecule is CCCB1OOc2ccccc21. The van der Waals surface area contributed by atoms with Crippen LogP contribution in [-0.2, 0) is 4.81 Å². The minimum atomic E-state index is 0.145. The largest absolute Gasteiger partial charge is 0.392 e. The first-order valence-corrected chi connectivity index (χ1v) is 4.34. The zero-order chi connectivity index (χ0) is 8.39. The third-order valence-corrected chi connectivity index (χ3v) is 2.07. The Labute approximate surface area is 72.5 Å². The molecule has 3 heteroatoms. The van der Waals surface area contributed by atoms with E-state index in [0.717, 1.165) is 18.5 Å². The van der Waals surface area contributed by atoms with Gasteiger partial charge in [-0.05, 0) is 12.4 Å². The molecule has 1 aliphatic rings. The Morgan fingerprint density at radius 2 is 2.17 bits per heavy atom. The minimum Gasteiger partial charge on any atom is -0.354 e. The van der Waals surface area contributed by atoms with Gasteiger partial charge in [0.25, 0.3) is 0 Å². The van der Waals surface area contributed by atoms with E-state index in [9.17, 15) is 0 Å². The molecular weight excluding hydrogens is 151 g/mol. The number of para-hydroxylation sites is 1. The molecule has 1 aliphatic heterocycles. The lowest BCUT2D eigenvalue weighted by molar-refractivity contribution is -0.0923. The van der Waals surface area contributed by atoms with Gasteiger partial charge in [0, 0.05) is 5.46 Å². The van der Waals surface area contributed by atoms with E-state index in [-0.39, 0.29) is 6.92 Å². The molecular formula is C9H11BO2. The van der Waals surface area contributed by atoms with Gasteiger partial charge in [0.1, 0.15) is 0 Å². The van der Waals surface area contributed by atoms with E-state index in [4.69, 9.17) is 9.69 Å². The van der Waals surface area contributed by atoms with E-state index in [2.05, 4.69) is 13.0 Å². The van der Waals surface area contributed by atoms with Crippen LogP contribution in [0, 0.1) is 0 Å². The van der Waals surface area contributed by atoms with Crippen molar-refractivity contribution in [1.82, 2.24) is 0 Å². The van der Waals surface area contributed by atoms with E-state index < -0.39 is 0 Å². The van der Waals surface area contributed by atoms with Gasteiger partial charge in [0.05, 0.1) is 0 Å². The molecule has 0 N–H and O–H groups in total. The summed E-state index contributed by atoms with van der Waals surface area (Å²) in [5.41, 5.74) is 1.18. The van der Waals surface area contributed by atoms with Gasteiger partial charge in [-0.1, -0.05) is 31.5 Å². The molecule has 0 atom stereocenters. The Hall–Kier alpha value is -0.955. The quantitative estimate of drug-likeness (QED) is 0.485. The first kappa shape index (κ1) is 7.68. The fraction of sp³-hybridized carbons (Fsp3) is 0.333. The van der Waals surface area contributed by atoms with Crippen LogP contribution in [0.2, 0.25) is 6.32 Å². The second-order valence-corrected chi connectivity index (χ2v) is 2.99. The van der Waals surface area contributed by atoms with Crippen LogP contribution in [0.5, 0.6) is 5.75 Å². The molecule has 1 aromatic rings. The molecule has 0 saturated carbocycles. The number of fused-ring (bicyclic) bond motifs is 1. The molecule has 1 heterocycles. The van der Waals surface area contributed by atoms with Crippen molar-refractivity contribution < 1.29 is 9.69 Å². The molecule has 2 nitrogen and oxygen atoms in total. The summed E-state index contributed by atoms with van der Waals surface area (Å²) in [6, 6.07) is 7.96. The fourth-order valence-corrected chi connectivity index (χ4v) is 1.45. The molecule has 12 heavy (non-hydrogen) atoms. The highest BCUT2D eigenvalue weighted by Crippen LogP contribution is 2.18. The van der Waals surface area contributed by atoms with E-state index in [0.29, 0.717) is 0 Å². The standard InChI is InChI=1S/C9H11BO2/c1-2-7-10-8-5-3-4-6-9(8)11-12-10/h3-6H,2,7H2,1H3. The average Bonchev–Trinajstić information content (AvgIpc) is 2.50. The lowest BCUT2D eigenvalue weighted by Gasteiger charge is -1.98. The van der Waals surface area contributed by atoms with Gasteiger partial charge in [-0.15, -0.1) is 0 Å². The fourth-order valence-electron chi connectivity index (χ4n) is 1.45. The zero-order valence-corrected chi connectivity index (χ0v) is 7.12. The van der Waals surface area contributed by atoms with E-state index in [1.165, 1.54) is 5.46 Å². The highest BCUT2D eigenvalue weighted by molar-refractivity contribution is 6.68. The second-order valence-electron chi connectivity index (χ2n) is 2.99. The van der Waals surface area contributed by atoms with Crippen molar-refractivity contribution in [3.63, 3.8) is 0 Å². The van der Waals surface area contributed by atoms with Crippen molar-refractivity contribution in [3.05, 3.63) is 24.3 Å². The summed E-state index contributed by atoms with van der Waals surface area (Å²) in [5, 5.41) is 0. The molecule has 0 bridgehead atoms. The summed E-state index contributed by atoms with van der Waals surface area (Å²) in [5.74, 6) is 0.871. The Bertz CT molecular complexity index is 273. The van der Waals surface area contributed by atoms with E-state index in [1.807, 2.05) is 18.2 Å². The minimum absolute atomic E-state index is 0.145. The van der Waals surface area contributed by atoms with Gasteiger partial charge < -0.3 is 4.89 Å². The highest BCUT2D eigenvalue weighted by Gasteiger charge is 2.29. The number of hydrogen-bond donors (Lipinski definition) is 0. The molecule has 0 aromatic heterocycles. The summed E-state index contributed by atoms with van der Waals surface area (Å²) >= 11 is 0. The van der Waals surface area contributed by atoms with Gasteiger partial charge in [-0.3, -0.25) is 4.81 Å². The van der Waals surface area contributed by atoms with Gasteiger partial charge >= 0.3 is 6.92 Å². The summed E-state index contributed by atoms with van der Waals surface area (Å²) in [6.07, 6.45) is 2.14. The van der Waals surface area contributed by atoms with Gasteiger partial charge in [-0.25, -0.2) is 0 Å². The van der Waals surface area contributed by atoms with Crippen molar-refractivity contribution in [2.75, 3.05) is 0 Å². The van der Waals surface area contributed by atoms with Crippen LogP contribution in [0.15, 0.2) is 24.3 Å². The third-order valence-electron chi connectivity index (χ3n) is 2.07. The van der Waals surface area contributed by atoms with Crippen molar-refractivity contribution in [2.45, 2.75) is 19.7 Å². The predicted molar refractivity (Wildman–Crippen MR) is 48.6 cm³/mol. The van der Waals surface area contributed by atoms with Gasteiger partial charge in [-0.2, -0.15) is 0 Å². The third kappa shape index (κ3) is 1.20. The molecule has 0 aliphatic carbocycles. The van der Waals surface area contributed by atoms with Crippen LogP contribution in [-0.4, -0.2) is 6.92 Å². The van der Waals surface area contributed by atoms with Crippen LogP contribution < -0.4 is 10.4 Å². The van der Waals surface area contributed by atoms with Crippen molar-refractivity contribution in [1.29, 1.82) is 0 Å². The monoisotopic (exact) mass is 162 g/mol. The molecule has 0 unspecified atom stereocenters. The highest BCUT2D eigenvalue weighted by atomic mass is 17.2. The molecule has 62 valence electrons. The number of benzene rings is 1. The second kappa shape index (κ2) is 3.19. The Balaban J connectivity index is 2.24. The Morgan fingerprint density at radius 1 is 1.33 bits per heavy atom. The number of hydrogen-bond acceptors (Lipinski definition) is 2. The van der Waals surface area contributed by atoms with Gasteiger partial charge in [0.2, 0.25) is 0 Å². The van der Waals surface area contributed by atoms with Crippen LogP contribution in [0.1, 0.15) is 13.3 Å². The van der Waals surface area contributed by atoms with Crippen molar-refractivity contribution in [2.24, 2.45) is 0 Å². The van der Waals surface area contributed by atoms with Crippen LogP contribution in [0.4, 0.5) is 0 Å². The maximum atomic E-state index is 5.16. The lowest BCUT2D eigenvalue weighted by Crippen LogP contribution is -2.26. The van der Waals surface area contributed by atoms with Crippen LogP contribution in [0.25, 0.3) is 0 Å². The first-order chi connectivity index (χ1) is 5.92. The maximum absolute atomic E-state index is 5.16. The zero-order valence-electron chi connectivity index (χ0n) is 7.12. The Kier molecular flexibility index (Phi) is 2.04. The summed E-state index contributed by atoms with van der Waals surface area (Å²) in [7, 11) is 0. The molecule has 0 fully saturated rings. The normalized spacial score (nSPS) is 14.2. The van der Waals surface area contributed by atoms with Crippen molar-refractivity contribution >= 4 is 12.4 Å².